The maximum Gasteiger partial charge on any atom is 0.151 e. The van der Waals surface area contributed by atoms with Crippen LogP contribution in [-0.2, 0) is 0 Å². The molecule has 1 nitrogen and oxygen atoms in total. The van der Waals surface area contributed by atoms with Crippen LogP contribution in [0.5, 0.6) is 0 Å². The summed E-state index contributed by atoms with van der Waals surface area (Å²) in [4.78, 5) is 12.8. The largest absolute Gasteiger partial charge is 0.298 e. The molecule has 0 saturated heterocycles. The maximum absolute atomic E-state index is 11.0. The van der Waals surface area contributed by atoms with Crippen LogP contribution in [-0.4, -0.2) is 6.29 Å². The number of rotatable bonds is 3. The Morgan fingerprint density at radius 2 is 1.88 bits per heavy atom. The van der Waals surface area contributed by atoms with Gasteiger partial charge in [-0.15, -0.1) is 0 Å². The van der Waals surface area contributed by atoms with Crippen molar-refractivity contribution < 1.29 is 4.79 Å². The third kappa shape index (κ3) is 3.12. The van der Waals surface area contributed by atoms with Crippen molar-refractivity contribution in [1.82, 2.24) is 0 Å². The van der Waals surface area contributed by atoms with Crippen molar-refractivity contribution in [3.63, 3.8) is 0 Å². The number of hydrogen-bond acceptors (Lipinski definition) is 2. The predicted molar refractivity (Wildman–Crippen MR) is 75.1 cm³/mol. The molecule has 86 valence electrons. The summed E-state index contributed by atoms with van der Waals surface area (Å²) in [6, 6.07) is 13.2. The Morgan fingerprint density at radius 3 is 2.59 bits per heavy atom. The summed E-state index contributed by atoms with van der Waals surface area (Å²) in [6.07, 6.45) is 0.851. The number of carbonyl (C=O) groups is 1. The first-order valence-electron chi connectivity index (χ1n) is 4.88. The summed E-state index contributed by atoms with van der Waals surface area (Å²) >= 11 is 10.9. The van der Waals surface area contributed by atoms with Gasteiger partial charge in [-0.1, -0.05) is 51.4 Å². The van der Waals surface area contributed by atoms with Crippen molar-refractivity contribution in [2.24, 2.45) is 0 Å². The second-order valence-electron chi connectivity index (χ2n) is 3.33. The van der Waals surface area contributed by atoms with Crippen LogP contribution < -0.4 is 0 Å². The minimum atomic E-state index is 0.657. The standard InChI is InChI=1S/C13H8BrClOS/c14-10-5-6-12(9(7-10)8-16)17-13-4-2-1-3-11(13)15/h1-8H. The molecule has 2 rings (SSSR count). The molecule has 17 heavy (non-hydrogen) atoms. The summed E-state index contributed by atoms with van der Waals surface area (Å²) in [5.41, 5.74) is 0.657. The zero-order chi connectivity index (χ0) is 12.3. The molecule has 0 N–H and O–H groups in total. The molecule has 0 saturated carbocycles. The minimum absolute atomic E-state index is 0.657. The average Bonchev–Trinajstić information content (AvgIpc) is 2.34. The Morgan fingerprint density at radius 1 is 1.12 bits per heavy atom. The molecular weight excluding hydrogens is 320 g/mol. The highest BCUT2D eigenvalue weighted by molar-refractivity contribution is 9.10. The molecule has 2 aromatic carbocycles. The van der Waals surface area contributed by atoms with Gasteiger partial charge in [0.15, 0.2) is 6.29 Å². The molecule has 0 aromatic heterocycles. The lowest BCUT2D eigenvalue weighted by Gasteiger charge is -2.06. The van der Waals surface area contributed by atoms with E-state index in [0.29, 0.717) is 10.6 Å². The number of aldehydes is 1. The molecule has 0 atom stereocenters. The second kappa shape index (κ2) is 5.71. The summed E-state index contributed by atoms with van der Waals surface area (Å²) < 4.78 is 0.892. The number of benzene rings is 2. The van der Waals surface area contributed by atoms with Crippen molar-refractivity contribution in [3.05, 3.63) is 57.5 Å². The van der Waals surface area contributed by atoms with Gasteiger partial charge in [-0.05, 0) is 30.3 Å². The minimum Gasteiger partial charge on any atom is -0.298 e. The normalized spacial score (nSPS) is 10.2. The SMILES string of the molecule is O=Cc1cc(Br)ccc1Sc1ccccc1Cl. The second-order valence-corrected chi connectivity index (χ2v) is 5.74. The fraction of sp³-hybridized carbons (Fsp3) is 0. The Balaban J connectivity index is 2.36. The van der Waals surface area contributed by atoms with Gasteiger partial charge >= 0.3 is 0 Å². The smallest absolute Gasteiger partial charge is 0.151 e. The highest BCUT2D eigenvalue weighted by Gasteiger charge is 2.06. The molecule has 0 heterocycles. The van der Waals surface area contributed by atoms with E-state index >= 15 is 0 Å². The fourth-order valence-electron chi connectivity index (χ4n) is 1.35. The number of halogens is 2. The molecule has 0 amide bonds. The van der Waals surface area contributed by atoms with Gasteiger partial charge in [-0.25, -0.2) is 0 Å². The van der Waals surface area contributed by atoms with Crippen LogP contribution in [0.15, 0.2) is 56.7 Å². The first-order valence-corrected chi connectivity index (χ1v) is 6.86. The van der Waals surface area contributed by atoms with Crippen molar-refractivity contribution in [2.75, 3.05) is 0 Å². The number of hydrogen-bond donors (Lipinski definition) is 0. The quantitative estimate of drug-likeness (QED) is 0.732. The predicted octanol–water partition coefficient (Wildman–Crippen LogP) is 5.07. The van der Waals surface area contributed by atoms with Crippen LogP contribution >= 0.6 is 39.3 Å². The van der Waals surface area contributed by atoms with Crippen molar-refractivity contribution in [1.29, 1.82) is 0 Å². The van der Waals surface area contributed by atoms with Gasteiger partial charge in [-0.2, -0.15) is 0 Å². The van der Waals surface area contributed by atoms with Crippen LogP contribution in [0.25, 0.3) is 0 Å². The Bertz CT molecular complexity index is 557. The Labute approximate surface area is 117 Å². The van der Waals surface area contributed by atoms with Gasteiger partial charge in [0, 0.05) is 19.8 Å². The zero-order valence-corrected chi connectivity index (χ0v) is 11.8. The van der Waals surface area contributed by atoms with Crippen molar-refractivity contribution in [3.8, 4) is 0 Å². The van der Waals surface area contributed by atoms with Gasteiger partial charge < -0.3 is 0 Å². The number of carbonyl (C=O) groups excluding carboxylic acids is 1. The van der Waals surface area contributed by atoms with E-state index in [1.165, 1.54) is 11.8 Å². The molecular formula is C13H8BrClOS. The van der Waals surface area contributed by atoms with E-state index in [-0.39, 0.29) is 0 Å². The van der Waals surface area contributed by atoms with Crippen molar-refractivity contribution in [2.45, 2.75) is 9.79 Å². The summed E-state index contributed by atoms with van der Waals surface area (Å²) in [7, 11) is 0. The van der Waals surface area contributed by atoms with E-state index in [1.807, 2.05) is 36.4 Å². The van der Waals surface area contributed by atoms with Crippen LogP contribution in [0.3, 0.4) is 0 Å². The topological polar surface area (TPSA) is 17.1 Å². The van der Waals surface area contributed by atoms with Crippen LogP contribution in [0.4, 0.5) is 0 Å². The van der Waals surface area contributed by atoms with Crippen LogP contribution in [0, 0.1) is 0 Å². The van der Waals surface area contributed by atoms with Crippen LogP contribution in [0.2, 0.25) is 5.02 Å². The van der Waals surface area contributed by atoms with Crippen molar-refractivity contribution >= 4 is 45.6 Å². The third-order valence-electron chi connectivity index (χ3n) is 2.16. The Hall–Kier alpha value is -0.770. The lowest BCUT2D eigenvalue weighted by atomic mass is 10.2. The molecule has 0 aliphatic rings. The van der Waals surface area contributed by atoms with E-state index < -0.39 is 0 Å². The molecule has 0 aliphatic heterocycles. The van der Waals surface area contributed by atoms with E-state index in [2.05, 4.69) is 15.9 Å². The first kappa shape index (κ1) is 12.7. The lowest BCUT2D eigenvalue weighted by Crippen LogP contribution is -1.85. The lowest BCUT2D eigenvalue weighted by molar-refractivity contribution is 0.112. The van der Waals surface area contributed by atoms with E-state index in [0.717, 1.165) is 20.5 Å². The van der Waals surface area contributed by atoms with Gasteiger partial charge in [0.2, 0.25) is 0 Å². The highest BCUT2D eigenvalue weighted by atomic mass is 79.9. The molecule has 0 radical (unpaired) electrons. The molecule has 4 heteroatoms. The van der Waals surface area contributed by atoms with Gasteiger partial charge in [-0.3, -0.25) is 4.79 Å². The monoisotopic (exact) mass is 326 g/mol. The molecule has 0 bridgehead atoms. The molecule has 0 unspecified atom stereocenters. The maximum atomic E-state index is 11.0. The van der Waals surface area contributed by atoms with Gasteiger partial charge in [0.1, 0.15) is 0 Å². The zero-order valence-electron chi connectivity index (χ0n) is 8.69. The van der Waals surface area contributed by atoms with Gasteiger partial charge in [0.25, 0.3) is 0 Å². The van der Waals surface area contributed by atoms with E-state index in [4.69, 9.17) is 11.6 Å². The Kier molecular flexibility index (Phi) is 4.26. The average molecular weight is 328 g/mol. The molecule has 0 fully saturated rings. The third-order valence-corrected chi connectivity index (χ3v) is 4.26. The fourth-order valence-corrected chi connectivity index (χ4v) is 2.89. The van der Waals surface area contributed by atoms with Crippen LogP contribution in [0.1, 0.15) is 10.4 Å². The first-order chi connectivity index (χ1) is 8.20. The molecule has 2 aromatic rings. The van der Waals surface area contributed by atoms with E-state index in [9.17, 15) is 4.79 Å². The summed E-state index contributed by atoms with van der Waals surface area (Å²) in [5, 5.41) is 0.692. The molecule has 0 aliphatic carbocycles. The van der Waals surface area contributed by atoms with E-state index in [1.54, 1.807) is 6.07 Å². The highest BCUT2D eigenvalue weighted by Crippen LogP contribution is 2.35. The summed E-state index contributed by atoms with van der Waals surface area (Å²) in [5.74, 6) is 0. The summed E-state index contributed by atoms with van der Waals surface area (Å²) in [6.45, 7) is 0. The van der Waals surface area contributed by atoms with Gasteiger partial charge in [0.05, 0.1) is 5.02 Å². The molecule has 0 spiro atoms.